The minimum absolute atomic E-state index is 0.0932. The highest BCUT2D eigenvalue weighted by molar-refractivity contribution is 7.13. The molecule has 0 aliphatic heterocycles. The maximum absolute atomic E-state index is 14.3. The van der Waals surface area contributed by atoms with Crippen LogP contribution in [0.25, 0.3) is 0 Å². The fraction of sp³-hybridized carbons (Fsp3) is 0.367. The van der Waals surface area contributed by atoms with Gasteiger partial charge in [0, 0.05) is 31.7 Å². The second kappa shape index (κ2) is 17.7. The van der Waals surface area contributed by atoms with E-state index in [2.05, 4.69) is 31.2 Å². The maximum atomic E-state index is 14.3. The Hall–Kier alpha value is -4.40. The lowest BCUT2D eigenvalue weighted by Crippen LogP contribution is -2.19. The Bertz CT molecular complexity index is 1500. The van der Waals surface area contributed by atoms with Gasteiger partial charge in [-0.05, 0) is 61.3 Å². The molecule has 2 aromatic heterocycles. The van der Waals surface area contributed by atoms with Crippen LogP contribution in [0.1, 0.15) is 36.2 Å². The van der Waals surface area contributed by atoms with Gasteiger partial charge in [-0.25, -0.2) is 14.1 Å². The van der Waals surface area contributed by atoms with Crippen molar-refractivity contribution in [3.05, 3.63) is 76.3 Å². The van der Waals surface area contributed by atoms with Crippen molar-refractivity contribution in [1.82, 2.24) is 30.6 Å². The number of aromatic nitrogens is 4. The number of aliphatic hydroxyl groups is 1. The number of halogens is 1. The van der Waals surface area contributed by atoms with E-state index in [9.17, 15) is 14.0 Å². The molecule has 4 rings (SSSR count). The number of likely N-dealkylation sites (N-methyl/N-ethyl adjacent to an activating group) is 1. The molecule has 0 aliphatic rings. The average Bonchev–Trinajstić information content (AvgIpc) is 3.69. The molecule has 0 unspecified atom stereocenters. The van der Waals surface area contributed by atoms with Crippen LogP contribution >= 0.6 is 11.3 Å². The van der Waals surface area contributed by atoms with Crippen LogP contribution in [0.5, 0.6) is 17.2 Å². The van der Waals surface area contributed by atoms with E-state index in [0.29, 0.717) is 53.1 Å². The van der Waals surface area contributed by atoms with Crippen LogP contribution < -0.4 is 25.4 Å². The van der Waals surface area contributed by atoms with Gasteiger partial charge in [0.25, 0.3) is 0 Å². The number of hydrogen-bond acceptors (Lipinski definition) is 10. The fourth-order valence-corrected chi connectivity index (χ4v) is 4.56. The van der Waals surface area contributed by atoms with Gasteiger partial charge in [0.15, 0.2) is 16.6 Å². The van der Waals surface area contributed by atoms with Gasteiger partial charge >= 0.3 is 0 Å². The summed E-state index contributed by atoms with van der Waals surface area (Å²) in [5, 5.41) is 26.3. The zero-order chi connectivity index (χ0) is 31.9. The number of nitrogens with one attached hydrogen (secondary N) is 3. The summed E-state index contributed by atoms with van der Waals surface area (Å²) < 4.78 is 28.2. The molecule has 4 aromatic rings. The van der Waals surface area contributed by atoms with E-state index < -0.39 is 0 Å². The SMILES string of the molecule is CCNCCc1cc(OCCn2cc(CNC(C)=O)nn2)c(Oc2ccc(C)c(F)c2)cc1CC(=O)Nc1nccs1.CO. The van der Waals surface area contributed by atoms with Crippen molar-refractivity contribution in [3.63, 3.8) is 0 Å². The Balaban J connectivity index is 0.00000259. The summed E-state index contributed by atoms with van der Waals surface area (Å²) >= 11 is 1.34. The van der Waals surface area contributed by atoms with Crippen molar-refractivity contribution in [3.8, 4) is 17.2 Å². The van der Waals surface area contributed by atoms with Crippen molar-refractivity contribution >= 4 is 28.3 Å². The van der Waals surface area contributed by atoms with Crippen LogP contribution in [0, 0.1) is 12.7 Å². The number of benzene rings is 2. The maximum Gasteiger partial charge on any atom is 0.230 e. The first kappa shape index (κ1) is 34.1. The zero-order valence-corrected chi connectivity index (χ0v) is 26.0. The Labute approximate surface area is 259 Å². The van der Waals surface area contributed by atoms with Crippen LogP contribution in [0.3, 0.4) is 0 Å². The number of rotatable bonds is 15. The first-order valence-electron chi connectivity index (χ1n) is 14.0. The molecule has 0 radical (unpaired) electrons. The van der Waals surface area contributed by atoms with Gasteiger partial charge < -0.3 is 30.5 Å². The molecule has 14 heteroatoms. The average molecular weight is 628 g/mol. The topological polar surface area (TPSA) is 153 Å². The smallest absolute Gasteiger partial charge is 0.230 e. The van der Waals surface area contributed by atoms with E-state index in [-0.39, 0.29) is 37.2 Å². The van der Waals surface area contributed by atoms with Crippen LogP contribution in [-0.2, 0) is 35.5 Å². The number of aliphatic hydroxyl groups excluding tert-OH is 1. The van der Waals surface area contributed by atoms with Crippen LogP contribution in [-0.4, -0.2) is 63.7 Å². The number of nitrogens with zero attached hydrogens (tertiary/aromatic N) is 4. The molecule has 2 heterocycles. The number of thiazole rings is 1. The van der Waals surface area contributed by atoms with Gasteiger partial charge in [0.2, 0.25) is 11.8 Å². The number of anilines is 1. The molecule has 0 atom stereocenters. The highest BCUT2D eigenvalue weighted by Gasteiger charge is 2.17. The Kier molecular flexibility index (Phi) is 13.7. The quantitative estimate of drug-likeness (QED) is 0.145. The highest BCUT2D eigenvalue weighted by Crippen LogP contribution is 2.36. The lowest BCUT2D eigenvalue weighted by molar-refractivity contribution is -0.119. The van der Waals surface area contributed by atoms with Crippen molar-refractivity contribution in [2.75, 3.05) is 32.1 Å². The largest absolute Gasteiger partial charge is 0.488 e. The molecule has 4 N–H and O–H groups in total. The Morgan fingerprint density at radius 3 is 2.64 bits per heavy atom. The number of carbonyl (C=O) groups is 2. The zero-order valence-electron chi connectivity index (χ0n) is 25.2. The molecular weight excluding hydrogens is 589 g/mol. The number of aryl methyl sites for hydroxylation is 1. The molecule has 0 spiro atoms. The molecule has 44 heavy (non-hydrogen) atoms. The Morgan fingerprint density at radius 1 is 1.14 bits per heavy atom. The lowest BCUT2D eigenvalue weighted by Gasteiger charge is -2.18. The van der Waals surface area contributed by atoms with E-state index in [1.54, 1.807) is 47.6 Å². The van der Waals surface area contributed by atoms with Crippen LogP contribution in [0.15, 0.2) is 48.1 Å². The van der Waals surface area contributed by atoms with Gasteiger partial charge in [-0.1, -0.05) is 18.2 Å². The summed E-state index contributed by atoms with van der Waals surface area (Å²) in [6, 6.07) is 8.28. The third-order valence-corrected chi connectivity index (χ3v) is 6.86. The normalized spacial score (nSPS) is 10.5. The molecule has 0 aliphatic carbocycles. The lowest BCUT2D eigenvalue weighted by atomic mass is 10.00. The summed E-state index contributed by atoms with van der Waals surface area (Å²) in [5.74, 6) is 0.361. The second-order valence-electron chi connectivity index (χ2n) is 9.48. The predicted octanol–water partition coefficient (Wildman–Crippen LogP) is 3.63. The summed E-state index contributed by atoms with van der Waals surface area (Å²) in [7, 11) is 1.00. The first-order chi connectivity index (χ1) is 21.3. The van der Waals surface area contributed by atoms with Crippen LogP contribution in [0.2, 0.25) is 0 Å². The summed E-state index contributed by atoms with van der Waals surface area (Å²) in [6.07, 6.45) is 4.11. The van der Waals surface area contributed by atoms with Crippen LogP contribution in [0.4, 0.5) is 9.52 Å². The minimum Gasteiger partial charge on any atom is -0.488 e. The molecule has 0 bridgehead atoms. The van der Waals surface area contributed by atoms with E-state index in [4.69, 9.17) is 14.6 Å². The van der Waals surface area contributed by atoms with Crippen molar-refractivity contribution in [2.24, 2.45) is 0 Å². The predicted molar refractivity (Wildman–Crippen MR) is 166 cm³/mol. The van der Waals surface area contributed by atoms with Gasteiger partial charge in [-0.15, -0.1) is 16.4 Å². The summed E-state index contributed by atoms with van der Waals surface area (Å²) in [4.78, 5) is 28.2. The first-order valence-corrected chi connectivity index (χ1v) is 14.9. The Morgan fingerprint density at radius 2 is 1.93 bits per heavy atom. The van der Waals surface area contributed by atoms with Gasteiger partial charge in [0.05, 0.1) is 25.7 Å². The van der Waals surface area contributed by atoms with E-state index in [1.165, 1.54) is 24.3 Å². The standard InChI is InChI=1S/C29H34FN7O4S.CH4O/c1-4-31-8-7-21-13-26(40-11-10-37-18-23(35-36-37)17-33-20(3)38)27(41-24-6-5-19(2)25(30)16-24)14-22(21)15-28(39)34-29-32-9-12-42-29;1-2/h5-6,9,12-14,16,18,31H,4,7-8,10-11,15,17H2,1-3H3,(H,33,38)(H,32,34,39);2H,1H3. The molecule has 0 fully saturated rings. The molecular formula is C30H38FN7O5S. The van der Waals surface area contributed by atoms with Gasteiger partial charge in [-0.2, -0.15) is 0 Å². The third kappa shape index (κ3) is 10.7. The number of hydrogen-bond donors (Lipinski definition) is 4. The number of ether oxygens (including phenoxy) is 2. The molecule has 2 aromatic carbocycles. The second-order valence-corrected chi connectivity index (χ2v) is 10.4. The number of carbonyl (C=O) groups excluding carboxylic acids is 2. The van der Waals surface area contributed by atoms with Gasteiger partial charge in [-0.3, -0.25) is 9.59 Å². The van der Waals surface area contributed by atoms with E-state index in [0.717, 1.165) is 24.8 Å². The molecule has 0 saturated heterocycles. The van der Waals surface area contributed by atoms with Crippen molar-refractivity contribution in [2.45, 2.75) is 46.7 Å². The molecule has 0 saturated carbocycles. The van der Waals surface area contributed by atoms with E-state index in [1.807, 2.05) is 13.0 Å². The summed E-state index contributed by atoms with van der Waals surface area (Å²) in [5.41, 5.74) is 2.81. The van der Waals surface area contributed by atoms with Crippen molar-refractivity contribution < 1.29 is 28.6 Å². The minimum atomic E-state index is -0.387. The fourth-order valence-electron chi connectivity index (χ4n) is 4.01. The molecule has 236 valence electrons. The summed E-state index contributed by atoms with van der Waals surface area (Å²) in [6.45, 7) is 7.57. The highest BCUT2D eigenvalue weighted by atomic mass is 32.1. The third-order valence-electron chi connectivity index (χ3n) is 6.17. The number of amides is 2. The monoisotopic (exact) mass is 627 g/mol. The van der Waals surface area contributed by atoms with Crippen molar-refractivity contribution in [1.29, 1.82) is 0 Å². The van der Waals surface area contributed by atoms with E-state index >= 15 is 0 Å². The molecule has 2 amide bonds. The van der Waals surface area contributed by atoms with Gasteiger partial charge in [0.1, 0.15) is 23.9 Å². The molecule has 12 nitrogen and oxygen atoms in total.